The van der Waals surface area contributed by atoms with E-state index in [1.165, 1.54) is 18.2 Å². The highest BCUT2D eigenvalue weighted by Gasteiger charge is 2.56. The molecule has 5 aliphatic rings. The molecule has 1 unspecified atom stereocenters. The van der Waals surface area contributed by atoms with E-state index in [4.69, 9.17) is 9.72 Å². The van der Waals surface area contributed by atoms with Crippen LogP contribution < -0.4 is 25.2 Å². The number of halogens is 3. The summed E-state index contributed by atoms with van der Waals surface area (Å²) in [5.74, 6) is -1.82. The zero-order valence-corrected chi connectivity index (χ0v) is 30.9. The molecule has 296 valence electrons. The Morgan fingerprint density at radius 1 is 1.05 bits per heavy atom. The van der Waals surface area contributed by atoms with Crippen LogP contribution in [0.25, 0.3) is 11.3 Å². The summed E-state index contributed by atoms with van der Waals surface area (Å²) in [6.07, 6.45) is -1.25. The predicted octanol–water partition coefficient (Wildman–Crippen LogP) is 3.26. The van der Waals surface area contributed by atoms with Crippen LogP contribution in [0.2, 0.25) is 0 Å². The van der Waals surface area contributed by atoms with Crippen molar-refractivity contribution in [3.63, 3.8) is 0 Å². The first-order chi connectivity index (χ1) is 27.5. The van der Waals surface area contributed by atoms with E-state index >= 15 is 0 Å². The monoisotopic (exact) mass is 784 g/mol. The van der Waals surface area contributed by atoms with Crippen molar-refractivity contribution in [3.8, 4) is 22.9 Å². The van der Waals surface area contributed by atoms with E-state index in [-0.39, 0.29) is 54.9 Å². The van der Waals surface area contributed by atoms with Crippen molar-refractivity contribution in [1.82, 2.24) is 35.3 Å². The minimum Gasteiger partial charge on any atom is -0.504 e. The number of aromatic hydroxyl groups is 1. The number of piperidine rings is 1. The number of para-hydroxylation sites is 1. The minimum atomic E-state index is -2.75. The number of hydrogen-bond donors (Lipinski definition) is 3. The fraction of sp³-hybridized carbons (Fsp3) is 0.410. The van der Waals surface area contributed by atoms with E-state index in [2.05, 4.69) is 35.6 Å². The van der Waals surface area contributed by atoms with Gasteiger partial charge in [-0.05, 0) is 49.2 Å². The summed E-state index contributed by atoms with van der Waals surface area (Å²) in [6.45, 7) is 5.57. The van der Waals surface area contributed by atoms with Gasteiger partial charge in [-0.2, -0.15) is 0 Å². The molecule has 3 fully saturated rings. The Labute approximate surface area is 324 Å². The quantitative estimate of drug-likeness (QED) is 0.223. The van der Waals surface area contributed by atoms with Crippen LogP contribution in [0.5, 0.6) is 11.6 Å². The molecule has 3 N–H and O–H groups in total. The van der Waals surface area contributed by atoms with E-state index in [0.29, 0.717) is 42.3 Å². The smallest absolute Gasteiger partial charge is 0.263 e. The highest BCUT2D eigenvalue weighted by molar-refractivity contribution is 6.05. The van der Waals surface area contributed by atoms with Crippen LogP contribution >= 0.6 is 0 Å². The largest absolute Gasteiger partial charge is 0.504 e. The van der Waals surface area contributed by atoms with Gasteiger partial charge in [-0.25, -0.2) is 23.1 Å². The molecule has 0 aliphatic carbocycles. The van der Waals surface area contributed by atoms with Crippen LogP contribution in [-0.4, -0.2) is 116 Å². The van der Waals surface area contributed by atoms with Gasteiger partial charge in [0, 0.05) is 75.5 Å². The number of nitrogens with zero attached hydrogens (tertiary/aromatic N) is 8. The highest BCUT2D eigenvalue weighted by Crippen LogP contribution is 2.46. The molecule has 0 spiro atoms. The fourth-order valence-corrected chi connectivity index (χ4v) is 8.63. The molecular formula is C39H39F3N10O5. The SMILES string of the molecule is Cc1nc(CN2CCN(c3ccc4c(c3)C(=O)N(C3CCC(=O)NC3=O)C4)CC2)cnc1O[C@H]1CN2c3cc(-c4cccc(F)c4O)nnc3NC[C@]2(C(F)F)C1. The highest BCUT2D eigenvalue weighted by atomic mass is 19.3. The van der Waals surface area contributed by atoms with E-state index in [0.717, 1.165) is 49.2 Å². The Kier molecular flexibility index (Phi) is 9.09. The third-order valence-electron chi connectivity index (χ3n) is 11.7. The maximum Gasteiger partial charge on any atom is 0.263 e. The van der Waals surface area contributed by atoms with Crippen LogP contribution in [0.4, 0.5) is 30.4 Å². The minimum absolute atomic E-state index is 0.0103. The number of carbonyl (C=O) groups excluding carboxylic acids is 3. The van der Waals surface area contributed by atoms with Gasteiger partial charge in [-0.15, -0.1) is 10.2 Å². The average molecular weight is 785 g/mol. The Hall–Kier alpha value is -6.04. The molecule has 0 radical (unpaired) electrons. The van der Waals surface area contributed by atoms with Crippen molar-refractivity contribution in [2.75, 3.05) is 54.4 Å². The maximum atomic E-state index is 14.9. The summed E-state index contributed by atoms with van der Waals surface area (Å²) in [4.78, 5) is 54.3. The molecule has 3 saturated heterocycles. The summed E-state index contributed by atoms with van der Waals surface area (Å²) in [6, 6.07) is 10.7. The van der Waals surface area contributed by atoms with Crippen molar-refractivity contribution in [3.05, 3.63) is 77.0 Å². The van der Waals surface area contributed by atoms with Gasteiger partial charge in [0.05, 0.1) is 35.5 Å². The predicted molar refractivity (Wildman–Crippen MR) is 199 cm³/mol. The normalized spacial score (nSPS) is 23.3. The molecule has 15 nitrogen and oxygen atoms in total. The molecule has 2 aromatic heterocycles. The molecule has 9 rings (SSSR count). The van der Waals surface area contributed by atoms with Crippen molar-refractivity contribution in [2.45, 2.75) is 63.4 Å². The van der Waals surface area contributed by atoms with Gasteiger partial charge in [0.15, 0.2) is 17.4 Å². The summed E-state index contributed by atoms with van der Waals surface area (Å²) in [5.41, 5.74) is 2.61. The lowest BCUT2D eigenvalue weighted by Gasteiger charge is -2.43. The average Bonchev–Trinajstić information content (AvgIpc) is 3.75. The Balaban J connectivity index is 0.828. The van der Waals surface area contributed by atoms with Crippen molar-refractivity contribution >= 4 is 34.9 Å². The number of hydrogen-bond acceptors (Lipinski definition) is 13. The molecule has 3 atom stereocenters. The number of phenols is 1. The lowest BCUT2D eigenvalue weighted by Crippen LogP contribution is -2.57. The lowest BCUT2D eigenvalue weighted by atomic mass is 9.93. The molecule has 2 aromatic carbocycles. The van der Waals surface area contributed by atoms with Gasteiger partial charge in [-0.1, -0.05) is 12.1 Å². The molecule has 0 bridgehead atoms. The van der Waals surface area contributed by atoms with Crippen LogP contribution in [-0.2, 0) is 22.7 Å². The standard InChI is InChI=1S/C39H39F3N10O5/c1-21-36(57-25-15-39(38(41)42)20-44-34-31(52(39)19-25)14-29(47-48-34)26-3-2-4-28(40)33(26)54)43-16-23(45-21)18-49-9-11-50(12-10-49)24-6-5-22-17-51(37(56)27(22)13-24)30-7-8-32(53)46-35(30)55/h2-6,13-14,16,25,30,38,54H,7-12,15,17-20H2,1H3,(H,44,48)(H,46,53,55)/t25-,30?,39+/m1/s1. The van der Waals surface area contributed by atoms with Gasteiger partial charge < -0.3 is 29.9 Å². The number of rotatable bonds is 8. The summed E-state index contributed by atoms with van der Waals surface area (Å²) < 4.78 is 50.2. The lowest BCUT2D eigenvalue weighted by molar-refractivity contribution is -0.136. The zero-order valence-electron chi connectivity index (χ0n) is 30.9. The number of amides is 3. The van der Waals surface area contributed by atoms with Gasteiger partial charge >= 0.3 is 0 Å². The Morgan fingerprint density at radius 2 is 1.88 bits per heavy atom. The molecule has 57 heavy (non-hydrogen) atoms. The van der Waals surface area contributed by atoms with Crippen LogP contribution in [0.3, 0.4) is 0 Å². The van der Waals surface area contributed by atoms with Crippen LogP contribution in [0, 0.1) is 12.7 Å². The van der Waals surface area contributed by atoms with Crippen molar-refractivity contribution in [1.29, 1.82) is 0 Å². The van der Waals surface area contributed by atoms with E-state index in [1.807, 2.05) is 18.2 Å². The Morgan fingerprint density at radius 3 is 2.65 bits per heavy atom. The molecule has 18 heteroatoms. The van der Waals surface area contributed by atoms with E-state index < -0.39 is 41.6 Å². The molecule has 5 aliphatic heterocycles. The number of aromatic nitrogens is 4. The van der Waals surface area contributed by atoms with Gasteiger partial charge in [-0.3, -0.25) is 24.6 Å². The topological polar surface area (TPSA) is 169 Å². The van der Waals surface area contributed by atoms with Crippen molar-refractivity contribution < 1.29 is 37.4 Å². The number of benzene rings is 2. The summed E-state index contributed by atoms with van der Waals surface area (Å²) in [7, 11) is 0. The van der Waals surface area contributed by atoms with Crippen molar-refractivity contribution in [2.24, 2.45) is 0 Å². The molecule has 3 amide bonds. The first kappa shape index (κ1) is 36.6. The second kappa shape index (κ2) is 14.2. The number of piperazine rings is 1. The first-order valence-electron chi connectivity index (χ1n) is 18.9. The van der Waals surface area contributed by atoms with E-state index in [1.54, 1.807) is 22.9 Å². The number of fused-ring (bicyclic) bond motifs is 4. The number of aryl methyl sites for hydroxylation is 1. The number of ether oxygens (including phenoxy) is 1. The number of imide groups is 1. The third-order valence-corrected chi connectivity index (χ3v) is 11.7. The maximum absolute atomic E-state index is 14.9. The summed E-state index contributed by atoms with van der Waals surface area (Å²) >= 11 is 0. The second-order valence-corrected chi connectivity index (χ2v) is 15.2. The van der Waals surface area contributed by atoms with Crippen LogP contribution in [0.1, 0.15) is 46.6 Å². The van der Waals surface area contributed by atoms with Gasteiger partial charge in [0.2, 0.25) is 17.7 Å². The fourth-order valence-electron chi connectivity index (χ4n) is 8.63. The molecule has 0 saturated carbocycles. The Bertz CT molecular complexity index is 2290. The molecule has 7 heterocycles. The number of phenolic OH excluding ortho intramolecular Hbond substituents is 1. The summed E-state index contributed by atoms with van der Waals surface area (Å²) in [5, 5.41) is 23.9. The zero-order chi connectivity index (χ0) is 39.6. The molecular weight excluding hydrogens is 745 g/mol. The molecule has 4 aromatic rings. The van der Waals surface area contributed by atoms with Crippen LogP contribution in [0.15, 0.2) is 48.7 Å². The number of anilines is 3. The number of nitrogens with one attached hydrogen (secondary N) is 2. The first-order valence-corrected chi connectivity index (χ1v) is 18.9. The number of carbonyl (C=O) groups is 3. The van der Waals surface area contributed by atoms with E-state index in [9.17, 15) is 32.7 Å². The third kappa shape index (κ3) is 6.50. The number of alkyl halides is 2. The van der Waals surface area contributed by atoms with Gasteiger partial charge in [0.25, 0.3) is 12.3 Å². The second-order valence-electron chi connectivity index (χ2n) is 15.2. The van der Waals surface area contributed by atoms with Gasteiger partial charge in [0.1, 0.15) is 17.7 Å².